The van der Waals surface area contributed by atoms with Gasteiger partial charge in [0.15, 0.2) is 0 Å². The number of nitrogens with one attached hydrogen (secondary N) is 2. The van der Waals surface area contributed by atoms with Crippen molar-refractivity contribution in [3.63, 3.8) is 0 Å². The molecule has 96 valence electrons. The number of carbonyl (C=O) groups is 2. The van der Waals surface area contributed by atoms with Gasteiger partial charge in [0.25, 0.3) is 0 Å². The van der Waals surface area contributed by atoms with Crippen LogP contribution in [0.4, 0.5) is 11.4 Å². The molecule has 0 aliphatic carbocycles. The van der Waals surface area contributed by atoms with E-state index in [4.69, 9.17) is 5.73 Å². The minimum absolute atomic E-state index is 0.0217. The highest BCUT2D eigenvalue weighted by atomic mass is 32.2. The average Bonchev–Trinajstić information content (AvgIpc) is 2.27. The van der Waals surface area contributed by atoms with E-state index in [2.05, 4.69) is 10.6 Å². The lowest BCUT2D eigenvalue weighted by molar-refractivity contribution is -0.116. The zero-order valence-electron chi connectivity index (χ0n) is 10.0. The van der Waals surface area contributed by atoms with Gasteiger partial charge >= 0.3 is 0 Å². The number of fused-ring (bicyclic) bond motifs is 1. The fraction of sp³-hybridized carbons (Fsp3) is 0.333. The summed E-state index contributed by atoms with van der Waals surface area (Å²) in [5.41, 5.74) is 6.97. The van der Waals surface area contributed by atoms with Crippen LogP contribution < -0.4 is 16.4 Å². The highest BCUT2D eigenvalue weighted by Gasteiger charge is 2.16. The van der Waals surface area contributed by atoms with Crippen LogP contribution in [0, 0.1) is 0 Å². The van der Waals surface area contributed by atoms with Crippen molar-refractivity contribution in [2.24, 2.45) is 5.73 Å². The first kappa shape index (κ1) is 12.9. The maximum absolute atomic E-state index is 11.6. The molecule has 1 aliphatic rings. The van der Waals surface area contributed by atoms with Gasteiger partial charge in [-0.15, -0.1) is 11.8 Å². The summed E-state index contributed by atoms with van der Waals surface area (Å²) in [4.78, 5) is 23.9. The lowest BCUT2D eigenvalue weighted by Gasteiger charge is -2.17. The number of anilines is 2. The molecular formula is C12H15N3O2S. The number of benzene rings is 1. The molecule has 2 rings (SSSR count). The lowest BCUT2D eigenvalue weighted by Crippen LogP contribution is -2.24. The van der Waals surface area contributed by atoms with Gasteiger partial charge in [0.1, 0.15) is 0 Å². The predicted molar refractivity (Wildman–Crippen MR) is 72.7 cm³/mol. The Bertz CT molecular complexity index is 488. The van der Waals surface area contributed by atoms with E-state index in [9.17, 15) is 9.59 Å². The van der Waals surface area contributed by atoms with Crippen LogP contribution >= 0.6 is 11.8 Å². The van der Waals surface area contributed by atoms with Gasteiger partial charge in [0.05, 0.1) is 11.4 Å². The first-order chi connectivity index (χ1) is 8.54. The van der Waals surface area contributed by atoms with Crippen LogP contribution in [0.3, 0.4) is 0 Å². The third kappa shape index (κ3) is 3.24. The van der Waals surface area contributed by atoms with E-state index >= 15 is 0 Å². The molecule has 0 spiro atoms. The molecule has 0 saturated carbocycles. The van der Waals surface area contributed by atoms with Crippen molar-refractivity contribution in [1.82, 2.24) is 0 Å². The standard InChI is InChI=1S/C12H15N3O2S/c1-7(13)4-11(16)14-8-2-3-10-9(5-8)15-12(17)6-18-10/h2-3,5,7H,4,6,13H2,1H3,(H,14,16)(H,15,17). The summed E-state index contributed by atoms with van der Waals surface area (Å²) in [5.74, 6) is 0.287. The molecule has 0 aromatic heterocycles. The second kappa shape index (κ2) is 5.41. The Morgan fingerprint density at radius 1 is 1.61 bits per heavy atom. The lowest BCUT2D eigenvalue weighted by atomic mass is 10.2. The van der Waals surface area contributed by atoms with E-state index in [1.807, 2.05) is 12.1 Å². The van der Waals surface area contributed by atoms with Crippen molar-refractivity contribution in [2.45, 2.75) is 24.3 Å². The minimum Gasteiger partial charge on any atom is -0.327 e. The monoisotopic (exact) mass is 265 g/mol. The Balaban J connectivity index is 2.09. The molecule has 5 nitrogen and oxygen atoms in total. The summed E-state index contributed by atoms with van der Waals surface area (Å²) in [5, 5.41) is 5.54. The van der Waals surface area contributed by atoms with E-state index in [0.717, 1.165) is 10.6 Å². The van der Waals surface area contributed by atoms with Crippen LogP contribution in [0.15, 0.2) is 23.1 Å². The minimum atomic E-state index is -0.169. The largest absolute Gasteiger partial charge is 0.327 e. The van der Waals surface area contributed by atoms with Crippen LogP contribution in [0.5, 0.6) is 0 Å². The molecule has 4 N–H and O–H groups in total. The van der Waals surface area contributed by atoms with E-state index in [1.54, 1.807) is 13.0 Å². The van der Waals surface area contributed by atoms with Crippen LogP contribution in [-0.2, 0) is 9.59 Å². The summed E-state index contributed by atoms with van der Waals surface area (Å²) in [6, 6.07) is 5.31. The molecule has 1 aromatic rings. The number of hydrogen-bond donors (Lipinski definition) is 3. The molecule has 0 bridgehead atoms. The first-order valence-electron chi connectivity index (χ1n) is 5.67. The molecule has 6 heteroatoms. The molecule has 1 heterocycles. The molecule has 0 radical (unpaired) electrons. The SMILES string of the molecule is CC(N)CC(=O)Nc1ccc2c(c1)NC(=O)CS2. The third-order valence-corrected chi connectivity index (χ3v) is 3.48. The van der Waals surface area contributed by atoms with Crippen molar-refractivity contribution in [3.8, 4) is 0 Å². The maximum Gasteiger partial charge on any atom is 0.234 e. The van der Waals surface area contributed by atoms with Gasteiger partial charge in [-0.2, -0.15) is 0 Å². The van der Waals surface area contributed by atoms with Gasteiger partial charge in [0.2, 0.25) is 11.8 Å². The number of thioether (sulfide) groups is 1. The topological polar surface area (TPSA) is 84.2 Å². The molecule has 0 saturated heterocycles. The Hall–Kier alpha value is -1.53. The van der Waals surface area contributed by atoms with Crippen molar-refractivity contribution < 1.29 is 9.59 Å². The fourth-order valence-electron chi connectivity index (χ4n) is 1.67. The van der Waals surface area contributed by atoms with E-state index < -0.39 is 0 Å². The third-order valence-electron chi connectivity index (χ3n) is 2.40. The Morgan fingerprint density at radius 3 is 3.11 bits per heavy atom. The number of nitrogens with two attached hydrogens (primary N) is 1. The first-order valence-corrected chi connectivity index (χ1v) is 6.65. The molecule has 1 aromatic carbocycles. The van der Waals surface area contributed by atoms with Gasteiger partial charge < -0.3 is 16.4 Å². The Labute approximate surface area is 110 Å². The number of carbonyl (C=O) groups excluding carboxylic acids is 2. The van der Waals surface area contributed by atoms with Gasteiger partial charge in [-0.05, 0) is 25.1 Å². The van der Waals surface area contributed by atoms with E-state index in [-0.39, 0.29) is 24.3 Å². The van der Waals surface area contributed by atoms with Crippen molar-refractivity contribution in [2.75, 3.05) is 16.4 Å². The van der Waals surface area contributed by atoms with Crippen molar-refractivity contribution in [3.05, 3.63) is 18.2 Å². The highest BCUT2D eigenvalue weighted by molar-refractivity contribution is 8.00. The zero-order chi connectivity index (χ0) is 13.1. The van der Waals surface area contributed by atoms with Crippen LogP contribution in [0.25, 0.3) is 0 Å². The van der Waals surface area contributed by atoms with E-state index in [0.29, 0.717) is 11.4 Å². The van der Waals surface area contributed by atoms with Gasteiger partial charge in [-0.25, -0.2) is 0 Å². The maximum atomic E-state index is 11.6. The Kier molecular flexibility index (Phi) is 3.88. The molecule has 1 aliphatic heterocycles. The normalized spacial score (nSPS) is 15.6. The van der Waals surface area contributed by atoms with Gasteiger partial charge in [0, 0.05) is 23.0 Å². The number of rotatable bonds is 3. The predicted octanol–water partition coefficient (Wildman–Crippen LogP) is 1.41. The summed E-state index contributed by atoms with van der Waals surface area (Å²) in [6.45, 7) is 1.78. The highest BCUT2D eigenvalue weighted by Crippen LogP contribution is 2.33. The molecule has 2 amide bonds. The summed E-state index contributed by atoms with van der Waals surface area (Å²) in [7, 11) is 0. The van der Waals surface area contributed by atoms with E-state index in [1.165, 1.54) is 11.8 Å². The van der Waals surface area contributed by atoms with Crippen molar-refractivity contribution in [1.29, 1.82) is 0 Å². The fourth-order valence-corrected chi connectivity index (χ4v) is 2.45. The summed E-state index contributed by atoms with van der Waals surface area (Å²) >= 11 is 1.49. The number of amides is 2. The van der Waals surface area contributed by atoms with Crippen LogP contribution in [-0.4, -0.2) is 23.6 Å². The van der Waals surface area contributed by atoms with Crippen molar-refractivity contribution >= 4 is 35.0 Å². The molecule has 1 atom stereocenters. The van der Waals surface area contributed by atoms with Crippen LogP contribution in [0.1, 0.15) is 13.3 Å². The molecular weight excluding hydrogens is 250 g/mol. The van der Waals surface area contributed by atoms with Gasteiger partial charge in [-0.1, -0.05) is 0 Å². The second-order valence-electron chi connectivity index (χ2n) is 4.28. The quantitative estimate of drug-likeness (QED) is 0.771. The van der Waals surface area contributed by atoms with Crippen LogP contribution in [0.2, 0.25) is 0 Å². The summed E-state index contributed by atoms with van der Waals surface area (Å²) in [6.07, 6.45) is 0.276. The smallest absolute Gasteiger partial charge is 0.234 e. The van der Waals surface area contributed by atoms with Gasteiger partial charge in [-0.3, -0.25) is 9.59 Å². The molecule has 0 fully saturated rings. The summed E-state index contributed by atoms with van der Waals surface area (Å²) < 4.78 is 0. The molecule has 18 heavy (non-hydrogen) atoms. The zero-order valence-corrected chi connectivity index (χ0v) is 10.8. The number of hydrogen-bond acceptors (Lipinski definition) is 4. The average molecular weight is 265 g/mol. The molecule has 1 unspecified atom stereocenters. The Morgan fingerprint density at radius 2 is 2.39 bits per heavy atom. The second-order valence-corrected chi connectivity index (χ2v) is 5.29.